The van der Waals surface area contributed by atoms with E-state index in [4.69, 9.17) is 4.74 Å². The Morgan fingerprint density at radius 1 is 0.864 bits per heavy atom. The number of carbonyl (C=O) groups excluding carboxylic acids is 1. The molecular weight excluding hydrogens is 272 g/mol. The molecule has 0 amide bonds. The smallest absolute Gasteiger partial charge is 0.303 e. The Labute approximate surface area is 132 Å². The molecule has 10 fully saturated rings. The fourth-order valence-electron chi connectivity index (χ4n) is 10.7. The summed E-state index contributed by atoms with van der Waals surface area (Å²) in [6.07, 6.45) is 9.90. The lowest BCUT2D eigenvalue weighted by Gasteiger charge is -2.84. The van der Waals surface area contributed by atoms with Gasteiger partial charge in [-0.05, 0) is 104 Å². The van der Waals surface area contributed by atoms with E-state index in [1.54, 1.807) is 26.2 Å². The molecule has 2 heteroatoms. The lowest BCUT2D eigenvalue weighted by molar-refractivity contribution is -0.372. The molecule has 0 aromatic rings. The molecule has 2 nitrogen and oxygen atoms in total. The summed E-state index contributed by atoms with van der Waals surface area (Å²) in [6, 6.07) is 0. The molecule has 10 rings (SSSR count). The van der Waals surface area contributed by atoms with E-state index in [1.807, 2.05) is 0 Å². The van der Waals surface area contributed by atoms with Crippen molar-refractivity contribution >= 4 is 5.97 Å². The summed E-state index contributed by atoms with van der Waals surface area (Å²) < 4.78 is 6.08. The Hall–Kier alpha value is -0.530. The number of carbonyl (C=O) groups is 1. The quantitative estimate of drug-likeness (QED) is 0.691. The average molecular weight is 298 g/mol. The van der Waals surface area contributed by atoms with Crippen molar-refractivity contribution in [3.8, 4) is 0 Å². The predicted molar refractivity (Wildman–Crippen MR) is 80.7 cm³/mol. The van der Waals surface area contributed by atoms with Gasteiger partial charge in [-0.2, -0.15) is 0 Å². The van der Waals surface area contributed by atoms with E-state index in [1.165, 1.54) is 25.7 Å². The molecular formula is C20H26O2. The Kier molecular flexibility index (Phi) is 1.72. The first kappa shape index (κ1) is 11.9. The van der Waals surface area contributed by atoms with E-state index in [9.17, 15) is 4.79 Å². The molecule has 1 spiro atoms. The minimum absolute atomic E-state index is 0.0208. The van der Waals surface area contributed by atoms with Gasteiger partial charge >= 0.3 is 5.97 Å². The maximum atomic E-state index is 11.8. The third kappa shape index (κ3) is 1.00. The van der Waals surface area contributed by atoms with Crippen LogP contribution in [0.15, 0.2) is 0 Å². The molecule has 0 radical (unpaired) electrons. The van der Waals surface area contributed by atoms with Crippen LogP contribution in [0.25, 0.3) is 0 Å². The lowest BCUT2D eigenvalue weighted by atomic mass is 9.21. The third-order valence-electron chi connectivity index (χ3n) is 10.0. The topological polar surface area (TPSA) is 26.3 Å². The molecule has 10 saturated carbocycles. The highest BCUT2D eigenvalue weighted by Crippen LogP contribution is 2.85. The van der Waals surface area contributed by atoms with Gasteiger partial charge in [0.15, 0.2) is 0 Å². The zero-order chi connectivity index (χ0) is 14.4. The Balaban J connectivity index is 1.44. The van der Waals surface area contributed by atoms with E-state index in [0.717, 1.165) is 53.3 Å². The van der Waals surface area contributed by atoms with Crippen molar-refractivity contribution in [2.75, 3.05) is 0 Å². The monoisotopic (exact) mass is 298 g/mol. The normalized spacial score (nSPS) is 70.7. The second kappa shape index (κ2) is 3.17. The van der Waals surface area contributed by atoms with Crippen molar-refractivity contribution in [2.45, 2.75) is 57.5 Å². The van der Waals surface area contributed by atoms with Crippen LogP contribution in [0.2, 0.25) is 0 Å². The Morgan fingerprint density at radius 2 is 1.50 bits per heavy atom. The minimum atomic E-state index is -0.0385. The van der Waals surface area contributed by atoms with Crippen molar-refractivity contribution in [3.05, 3.63) is 0 Å². The van der Waals surface area contributed by atoms with Crippen LogP contribution in [-0.4, -0.2) is 11.6 Å². The molecule has 0 aliphatic heterocycles. The van der Waals surface area contributed by atoms with Gasteiger partial charge < -0.3 is 4.74 Å². The molecule has 118 valence electrons. The number of hydrogen-bond donors (Lipinski definition) is 0. The predicted octanol–water partition coefficient (Wildman–Crippen LogP) is 3.65. The summed E-state index contributed by atoms with van der Waals surface area (Å²) in [6.45, 7) is 1.64. The lowest BCUT2D eigenvalue weighted by Crippen LogP contribution is -2.80. The number of hydrogen-bond acceptors (Lipinski definition) is 2. The summed E-state index contributed by atoms with van der Waals surface area (Å²) in [5.41, 5.74) is 0.578. The summed E-state index contributed by atoms with van der Waals surface area (Å²) in [5.74, 6) is 9.19. The number of ether oxygens (including phenoxy) is 1. The van der Waals surface area contributed by atoms with E-state index < -0.39 is 0 Å². The number of rotatable bonds is 1. The van der Waals surface area contributed by atoms with Gasteiger partial charge in [0.1, 0.15) is 5.60 Å². The second-order valence-electron chi connectivity index (χ2n) is 10.4. The SMILES string of the molecule is CC(=O)OC12CC3C4CC5C6CC7CC5C(C4C1)C(C7)(C2)C63. The van der Waals surface area contributed by atoms with Crippen LogP contribution in [0, 0.1) is 58.7 Å². The molecule has 0 aromatic carbocycles. The van der Waals surface area contributed by atoms with Crippen LogP contribution in [0.4, 0.5) is 0 Å². The van der Waals surface area contributed by atoms with E-state index in [2.05, 4.69) is 0 Å². The average Bonchev–Trinajstić information content (AvgIpc) is 2.43. The summed E-state index contributed by atoms with van der Waals surface area (Å²) in [7, 11) is 0. The van der Waals surface area contributed by atoms with Crippen molar-refractivity contribution in [2.24, 2.45) is 58.7 Å². The van der Waals surface area contributed by atoms with Crippen molar-refractivity contribution in [3.63, 3.8) is 0 Å². The van der Waals surface area contributed by atoms with Gasteiger partial charge in [-0.1, -0.05) is 0 Å². The van der Waals surface area contributed by atoms with Crippen molar-refractivity contribution in [1.29, 1.82) is 0 Å². The molecule has 0 saturated heterocycles. The van der Waals surface area contributed by atoms with Gasteiger partial charge in [-0.25, -0.2) is 0 Å². The molecule has 10 aliphatic carbocycles. The highest BCUT2D eigenvalue weighted by Gasteiger charge is 2.80. The zero-order valence-corrected chi connectivity index (χ0v) is 13.5. The van der Waals surface area contributed by atoms with Crippen molar-refractivity contribution < 1.29 is 9.53 Å². The maximum absolute atomic E-state index is 11.8. The van der Waals surface area contributed by atoms with Crippen LogP contribution in [0.5, 0.6) is 0 Å². The van der Waals surface area contributed by atoms with Gasteiger partial charge in [0.05, 0.1) is 0 Å². The Morgan fingerprint density at radius 3 is 2.14 bits per heavy atom. The standard InChI is InChI=1S/C20H26O2/c1-9(21)22-19-6-15-12-4-11-13-2-10-3-14(11)18(16(12)7-19)20(5-10,8-19)17(13)15/h10-18H,2-8H2,1H3. The molecule has 0 heterocycles. The van der Waals surface area contributed by atoms with Gasteiger partial charge in [-0.15, -0.1) is 0 Å². The summed E-state index contributed by atoms with van der Waals surface area (Å²) in [4.78, 5) is 11.8. The van der Waals surface area contributed by atoms with Crippen molar-refractivity contribution in [1.82, 2.24) is 0 Å². The van der Waals surface area contributed by atoms with E-state index in [0.29, 0.717) is 5.41 Å². The van der Waals surface area contributed by atoms with E-state index >= 15 is 0 Å². The molecule has 6 unspecified atom stereocenters. The van der Waals surface area contributed by atoms with Crippen LogP contribution in [0.3, 0.4) is 0 Å². The zero-order valence-electron chi connectivity index (χ0n) is 13.5. The van der Waals surface area contributed by atoms with Gasteiger partial charge in [-0.3, -0.25) is 4.79 Å². The summed E-state index contributed by atoms with van der Waals surface area (Å²) >= 11 is 0. The Bertz CT molecular complexity index is 577. The first-order valence-electron chi connectivity index (χ1n) is 9.80. The largest absolute Gasteiger partial charge is 0.459 e. The molecule has 11 bridgehead atoms. The maximum Gasteiger partial charge on any atom is 0.303 e. The summed E-state index contributed by atoms with van der Waals surface area (Å²) in [5, 5.41) is 0. The third-order valence-corrected chi connectivity index (χ3v) is 10.0. The first-order valence-corrected chi connectivity index (χ1v) is 9.80. The van der Waals surface area contributed by atoms with Gasteiger partial charge in [0, 0.05) is 6.92 Å². The molecule has 6 atom stereocenters. The highest BCUT2D eigenvalue weighted by molar-refractivity contribution is 5.66. The molecule has 0 aromatic heterocycles. The molecule has 0 N–H and O–H groups in total. The fourth-order valence-corrected chi connectivity index (χ4v) is 10.7. The van der Waals surface area contributed by atoms with Crippen LogP contribution in [-0.2, 0) is 9.53 Å². The minimum Gasteiger partial charge on any atom is -0.459 e. The van der Waals surface area contributed by atoms with Gasteiger partial charge in [0.2, 0.25) is 0 Å². The van der Waals surface area contributed by atoms with Crippen LogP contribution in [0.1, 0.15) is 51.9 Å². The van der Waals surface area contributed by atoms with Gasteiger partial charge in [0.25, 0.3) is 0 Å². The molecule has 22 heavy (non-hydrogen) atoms. The number of esters is 1. The van der Waals surface area contributed by atoms with E-state index in [-0.39, 0.29) is 11.6 Å². The highest BCUT2D eigenvalue weighted by atomic mass is 16.6. The molecule has 10 aliphatic rings. The van der Waals surface area contributed by atoms with Crippen LogP contribution >= 0.6 is 0 Å². The van der Waals surface area contributed by atoms with Crippen LogP contribution < -0.4 is 0 Å². The second-order valence-corrected chi connectivity index (χ2v) is 10.4. The fraction of sp³-hybridized carbons (Fsp3) is 0.950. The first-order chi connectivity index (χ1) is 10.6.